The van der Waals surface area contributed by atoms with Crippen LogP contribution in [-0.4, -0.2) is 38.7 Å². The molecule has 22 heavy (non-hydrogen) atoms. The first kappa shape index (κ1) is 14.7. The fourth-order valence-electron chi connectivity index (χ4n) is 3.26. The lowest BCUT2D eigenvalue weighted by molar-refractivity contribution is -0.124. The summed E-state index contributed by atoms with van der Waals surface area (Å²) in [6.45, 7) is 2.58. The fraction of sp³-hybridized carbons (Fsp3) is 0.438. The number of nitrogens with zero attached hydrogens (tertiary/aromatic N) is 4. The van der Waals surface area contributed by atoms with E-state index in [4.69, 9.17) is 5.73 Å². The highest BCUT2D eigenvalue weighted by Crippen LogP contribution is 2.27. The van der Waals surface area contributed by atoms with Gasteiger partial charge >= 0.3 is 0 Å². The highest BCUT2D eigenvalue weighted by molar-refractivity contribution is 5.81. The Hall–Kier alpha value is -2.21. The summed E-state index contributed by atoms with van der Waals surface area (Å²) in [6.07, 6.45) is 5.49. The van der Waals surface area contributed by atoms with Gasteiger partial charge in [-0.3, -0.25) is 14.4 Å². The van der Waals surface area contributed by atoms with Crippen molar-refractivity contribution in [1.29, 1.82) is 0 Å². The molecule has 1 aliphatic heterocycles. The van der Waals surface area contributed by atoms with E-state index in [1.807, 2.05) is 35.0 Å². The van der Waals surface area contributed by atoms with E-state index in [9.17, 15) is 4.79 Å². The smallest absolute Gasteiger partial charge is 0.239 e. The molecule has 0 bridgehead atoms. The molecule has 6 heteroatoms. The molecule has 116 valence electrons. The van der Waals surface area contributed by atoms with Gasteiger partial charge in [0.2, 0.25) is 5.91 Å². The van der Waals surface area contributed by atoms with Gasteiger partial charge < -0.3 is 5.73 Å². The van der Waals surface area contributed by atoms with Crippen LogP contribution in [0.15, 0.2) is 43.0 Å². The molecule has 0 radical (unpaired) electrons. The number of hydrogen-bond acceptors (Lipinski definition) is 4. The molecular formula is C16H21N5O. The van der Waals surface area contributed by atoms with Crippen LogP contribution in [-0.2, 0) is 11.3 Å². The molecule has 0 spiro atoms. The summed E-state index contributed by atoms with van der Waals surface area (Å²) in [5, 5.41) is 4.17. The number of amides is 1. The van der Waals surface area contributed by atoms with E-state index in [1.54, 1.807) is 12.7 Å². The summed E-state index contributed by atoms with van der Waals surface area (Å²) in [5.41, 5.74) is 6.64. The third-order valence-corrected chi connectivity index (χ3v) is 4.21. The van der Waals surface area contributed by atoms with E-state index in [-0.39, 0.29) is 11.9 Å². The first-order valence-electron chi connectivity index (χ1n) is 7.65. The Morgan fingerprint density at radius 1 is 1.36 bits per heavy atom. The van der Waals surface area contributed by atoms with E-state index in [2.05, 4.69) is 15.0 Å². The van der Waals surface area contributed by atoms with Crippen molar-refractivity contribution in [2.75, 3.05) is 13.1 Å². The van der Waals surface area contributed by atoms with Crippen molar-refractivity contribution in [3.05, 3.63) is 48.5 Å². The lowest BCUT2D eigenvalue weighted by Crippen LogP contribution is -2.44. The molecule has 3 rings (SSSR count). The van der Waals surface area contributed by atoms with Crippen LogP contribution in [0.1, 0.15) is 24.4 Å². The normalized spacial score (nSPS) is 20.6. The van der Waals surface area contributed by atoms with Crippen molar-refractivity contribution in [3.8, 4) is 0 Å². The second-order valence-electron chi connectivity index (χ2n) is 5.84. The number of likely N-dealkylation sites (tertiary alicyclic amines) is 1. The Morgan fingerprint density at radius 2 is 2.18 bits per heavy atom. The summed E-state index contributed by atoms with van der Waals surface area (Å²) < 4.78 is 1.86. The van der Waals surface area contributed by atoms with Crippen LogP contribution < -0.4 is 5.73 Å². The summed E-state index contributed by atoms with van der Waals surface area (Å²) in [4.78, 5) is 18.2. The van der Waals surface area contributed by atoms with E-state index in [0.717, 1.165) is 38.0 Å². The molecule has 1 aliphatic rings. The van der Waals surface area contributed by atoms with Crippen molar-refractivity contribution in [1.82, 2.24) is 19.7 Å². The van der Waals surface area contributed by atoms with Crippen molar-refractivity contribution in [3.63, 3.8) is 0 Å². The molecular weight excluding hydrogens is 278 g/mol. The Balaban J connectivity index is 1.73. The molecule has 2 aromatic rings. The third-order valence-electron chi connectivity index (χ3n) is 4.21. The maximum Gasteiger partial charge on any atom is 0.239 e. The van der Waals surface area contributed by atoms with Crippen LogP contribution in [0.2, 0.25) is 0 Å². The molecule has 2 N–H and O–H groups in total. The number of carbonyl (C=O) groups is 1. The fourth-order valence-corrected chi connectivity index (χ4v) is 3.26. The highest BCUT2D eigenvalue weighted by atomic mass is 16.1. The molecule has 1 aromatic heterocycles. The van der Waals surface area contributed by atoms with Gasteiger partial charge in [0.05, 0.1) is 0 Å². The number of benzene rings is 1. The van der Waals surface area contributed by atoms with Crippen molar-refractivity contribution >= 4 is 5.91 Å². The van der Waals surface area contributed by atoms with Gasteiger partial charge in [0, 0.05) is 13.1 Å². The Bertz CT molecular complexity index is 598. The summed E-state index contributed by atoms with van der Waals surface area (Å²) in [6, 6.07) is 9.43. The zero-order chi connectivity index (χ0) is 15.4. The molecule has 2 unspecified atom stereocenters. The molecule has 1 fully saturated rings. The van der Waals surface area contributed by atoms with Crippen LogP contribution in [0.3, 0.4) is 0 Å². The summed E-state index contributed by atoms with van der Waals surface area (Å²) in [5.74, 6) is 0.175. The van der Waals surface area contributed by atoms with Crippen LogP contribution >= 0.6 is 0 Å². The second-order valence-corrected chi connectivity index (χ2v) is 5.84. The second kappa shape index (κ2) is 6.70. The minimum absolute atomic E-state index is 0.285. The van der Waals surface area contributed by atoms with Crippen LogP contribution in [0.25, 0.3) is 0 Å². The van der Waals surface area contributed by atoms with Crippen LogP contribution in [0.4, 0.5) is 0 Å². The molecule has 2 heterocycles. The Morgan fingerprint density at radius 3 is 2.86 bits per heavy atom. The van der Waals surface area contributed by atoms with Gasteiger partial charge in [-0.2, -0.15) is 5.10 Å². The minimum atomic E-state index is -0.347. The van der Waals surface area contributed by atoms with E-state index in [1.165, 1.54) is 0 Å². The number of carbonyl (C=O) groups excluding carboxylic acids is 1. The molecule has 6 nitrogen and oxygen atoms in total. The first-order chi connectivity index (χ1) is 10.7. The monoisotopic (exact) mass is 299 g/mol. The maximum atomic E-state index is 12.0. The van der Waals surface area contributed by atoms with Gasteiger partial charge in [0.25, 0.3) is 0 Å². The number of primary amides is 1. The summed E-state index contributed by atoms with van der Waals surface area (Å²) in [7, 11) is 0. The average Bonchev–Trinajstić information content (AvgIpc) is 3.01. The SMILES string of the molecule is NC(=O)C(c1ccccc1)N1CCCC(Cn2cncn2)C1. The highest BCUT2D eigenvalue weighted by Gasteiger charge is 2.30. The molecule has 2 atom stereocenters. The quantitative estimate of drug-likeness (QED) is 0.900. The van der Waals surface area contributed by atoms with Crippen molar-refractivity contribution in [2.24, 2.45) is 11.7 Å². The lowest BCUT2D eigenvalue weighted by Gasteiger charge is -2.37. The minimum Gasteiger partial charge on any atom is -0.368 e. The van der Waals surface area contributed by atoms with Crippen LogP contribution in [0.5, 0.6) is 0 Å². The lowest BCUT2D eigenvalue weighted by atomic mass is 9.94. The number of hydrogen-bond donors (Lipinski definition) is 1. The standard InChI is InChI=1S/C16H21N5O/c17-16(22)15(14-6-2-1-3-7-14)20-8-4-5-13(9-20)10-21-12-18-11-19-21/h1-3,6-7,11-13,15H,4-5,8-10H2,(H2,17,22). The number of rotatable bonds is 5. The zero-order valence-electron chi connectivity index (χ0n) is 12.5. The van der Waals surface area contributed by atoms with Gasteiger partial charge in [-0.1, -0.05) is 30.3 Å². The van der Waals surface area contributed by atoms with Gasteiger partial charge in [-0.05, 0) is 30.9 Å². The van der Waals surface area contributed by atoms with Gasteiger partial charge in [0.15, 0.2) is 0 Å². The topological polar surface area (TPSA) is 77.0 Å². The van der Waals surface area contributed by atoms with Gasteiger partial charge in [0.1, 0.15) is 18.7 Å². The molecule has 0 saturated carbocycles. The number of aromatic nitrogens is 3. The maximum absolute atomic E-state index is 12.0. The largest absolute Gasteiger partial charge is 0.368 e. The molecule has 0 aliphatic carbocycles. The van der Waals surface area contributed by atoms with Crippen LogP contribution in [0, 0.1) is 5.92 Å². The Kier molecular flexibility index (Phi) is 4.48. The van der Waals surface area contributed by atoms with Gasteiger partial charge in [-0.15, -0.1) is 0 Å². The van der Waals surface area contributed by atoms with E-state index >= 15 is 0 Å². The van der Waals surface area contributed by atoms with E-state index < -0.39 is 0 Å². The number of piperidine rings is 1. The predicted octanol–water partition coefficient (Wildman–Crippen LogP) is 1.22. The Labute approximate surface area is 129 Å². The summed E-state index contributed by atoms with van der Waals surface area (Å²) >= 11 is 0. The van der Waals surface area contributed by atoms with Gasteiger partial charge in [-0.25, -0.2) is 4.98 Å². The molecule has 1 saturated heterocycles. The molecule has 1 amide bonds. The zero-order valence-corrected chi connectivity index (χ0v) is 12.5. The molecule has 1 aromatic carbocycles. The number of nitrogens with two attached hydrogens (primary N) is 1. The average molecular weight is 299 g/mol. The third kappa shape index (κ3) is 3.33. The van der Waals surface area contributed by atoms with Crippen molar-refractivity contribution < 1.29 is 4.79 Å². The predicted molar refractivity (Wildman–Crippen MR) is 82.7 cm³/mol. The first-order valence-corrected chi connectivity index (χ1v) is 7.65. The van der Waals surface area contributed by atoms with E-state index in [0.29, 0.717) is 5.92 Å². The van der Waals surface area contributed by atoms with Crippen molar-refractivity contribution in [2.45, 2.75) is 25.4 Å².